The van der Waals surface area contributed by atoms with Gasteiger partial charge < -0.3 is 9.47 Å². The molecule has 0 amide bonds. The maximum atomic E-state index is 5.25. The molecule has 0 aromatic heterocycles. The molecule has 0 aliphatic rings. The Balaban J connectivity index is 2.37. The maximum Gasteiger partial charge on any atom is 0.123 e. The lowest BCUT2D eigenvalue weighted by molar-refractivity contribution is 0.394. The molecule has 0 atom stereocenters. The summed E-state index contributed by atoms with van der Waals surface area (Å²) in [6.45, 7) is 2.13. The van der Waals surface area contributed by atoms with Gasteiger partial charge in [-0.1, -0.05) is 37.0 Å². The topological polar surface area (TPSA) is 18.5 Å². The van der Waals surface area contributed by atoms with Crippen LogP contribution >= 0.6 is 0 Å². The Kier molecular flexibility index (Phi) is 4.68. The third kappa shape index (κ3) is 3.33. The smallest absolute Gasteiger partial charge is 0.123 e. The molecule has 0 aliphatic carbocycles. The molecule has 0 saturated carbocycles. The van der Waals surface area contributed by atoms with E-state index in [1.807, 2.05) is 36.4 Å². The highest BCUT2D eigenvalue weighted by molar-refractivity contribution is 5.50. The van der Waals surface area contributed by atoms with Crippen molar-refractivity contribution >= 4 is 0 Å². The van der Waals surface area contributed by atoms with Gasteiger partial charge in [0.05, 0.1) is 14.2 Å². The van der Waals surface area contributed by atoms with E-state index in [0.29, 0.717) is 0 Å². The van der Waals surface area contributed by atoms with Gasteiger partial charge in [-0.05, 0) is 30.2 Å². The van der Waals surface area contributed by atoms with Crippen molar-refractivity contribution in [2.45, 2.75) is 13.3 Å². The highest BCUT2D eigenvalue weighted by atomic mass is 16.5. The molecule has 0 saturated heterocycles. The monoisotopic (exact) mass is 266 g/mol. The zero-order valence-corrected chi connectivity index (χ0v) is 12.1. The van der Waals surface area contributed by atoms with Crippen LogP contribution in [-0.2, 0) is 6.42 Å². The average Bonchev–Trinajstić information content (AvgIpc) is 2.52. The summed E-state index contributed by atoms with van der Waals surface area (Å²) in [4.78, 5) is 0. The first-order valence-corrected chi connectivity index (χ1v) is 6.59. The van der Waals surface area contributed by atoms with E-state index >= 15 is 0 Å². The van der Waals surface area contributed by atoms with Crippen LogP contribution in [0.15, 0.2) is 42.5 Å². The fraction of sp³-hybridized carbons (Fsp3) is 0.222. The summed E-state index contributed by atoms with van der Waals surface area (Å²) in [6, 6.07) is 13.9. The number of benzene rings is 2. The molecule has 0 heterocycles. The van der Waals surface area contributed by atoms with Gasteiger partial charge in [0.15, 0.2) is 0 Å². The van der Waals surface area contributed by atoms with Crippen LogP contribution in [0.5, 0.6) is 11.5 Å². The molecule has 0 spiro atoms. The lowest BCUT2D eigenvalue weighted by Crippen LogP contribution is -1.89. The molecule has 0 radical (unpaired) electrons. The van der Waals surface area contributed by atoms with Crippen LogP contribution in [-0.4, -0.2) is 14.2 Å². The quantitative estimate of drug-likeness (QED) is 0.789. The summed E-state index contributed by atoms with van der Waals surface area (Å²) in [5.74, 6) is 7.89. The summed E-state index contributed by atoms with van der Waals surface area (Å²) in [5, 5.41) is 0. The Morgan fingerprint density at radius 2 is 1.55 bits per heavy atom. The van der Waals surface area contributed by atoms with Crippen molar-refractivity contribution < 1.29 is 9.47 Å². The summed E-state index contributed by atoms with van der Waals surface area (Å²) >= 11 is 0. The molecule has 0 N–H and O–H groups in total. The molecule has 2 nitrogen and oxygen atoms in total. The van der Waals surface area contributed by atoms with Crippen LogP contribution in [0.2, 0.25) is 0 Å². The van der Waals surface area contributed by atoms with Crippen molar-refractivity contribution in [3.63, 3.8) is 0 Å². The van der Waals surface area contributed by atoms with E-state index in [1.54, 1.807) is 14.2 Å². The van der Waals surface area contributed by atoms with E-state index in [4.69, 9.17) is 9.47 Å². The van der Waals surface area contributed by atoms with Crippen LogP contribution in [0, 0.1) is 11.8 Å². The molecule has 0 fully saturated rings. The standard InChI is InChI=1S/C18H18O2/c1-4-15-7-5-6-8-16(15)10-9-14-11-17(19-2)13-18(12-14)20-3/h5-8,11-13H,4H2,1-3H3. The van der Waals surface area contributed by atoms with Crippen molar-refractivity contribution in [3.8, 4) is 23.3 Å². The van der Waals surface area contributed by atoms with E-state index in [9.17, 15) is 0 Å². The number of hydrogen-bond donors (Lipinski definition) is 0. The normalized spacial score (nSPS) is 9.55. The Hall–Kier alpha value is -2.40. The van der Waals surface area contributed by atoms with Gasteiger partial charge in [-0.3, -0.25) is 0 Å². The van der Waals surface area contributed by atoms with Crippen LogP contribution in [0.25, 0.3) is 0 Å². The molecule has 2 rings (SSSR count). The van der Waals surface area contributed by atoms with Gasteiger partial charge in [0.2, 0.25) is 0 Å². The van der Waals surface area contributed by atoms with Gasteiger partial charge in [-0.15, -0.1) is 0 Å². The number of ether oxygens (including phenoxy) is 2. The first-order valence-electron chi connectivity index (χ1n) is 6.59. The van der Waals surface area contributed by atoms with Gasteiger partial charge in [-0.25, -0.2) is 0 Å². The van der Waals surface area contributed by atoms with Crippen LogP contribution in [0.1, 0.15) is 23.6 Å². The van der Waals surface area contributed by atoms with E-state index < -0.39 is 0 Å². The van der Waals surface area contributed by atoms with Gasteiger partial charge in [0.1, 0.15) is 11.5 Å². The van der Waals surface area contributed by atoms with Crippen molar-refractivity contribution in [1.29, 1.82) is 0 Å². The van der Waals surface area contributed by atoms with Crippen molar-refractivity contribution in [3.05, 3.63) is 59.2 Å². The lowest BCUT2D eigenvalue weighted by Gasteiger charge is -2.04. The van der Waals surface area contributed by atoms with Gasteiger partial charge in [0.25, 0.3) is 0 Å². The highest BCUT2D eigenvalue weighted by Gasteiger charge is 2.00. The Bertz CT molecular complexity index is 626. The SMILES string of the molecule is CCc1ccccc1C#Cc1cc(OC)cc(OC)c1. The zero-order valence-electron chi connectivity index (χ0n) is 12.1. The molecule has 0 unspecified atom stereocenters. The van der Waals surface area contributed by atoms with Crippen LogP contribution < -0.4 is 9.47 Å². The summed E-state index contributed by atoms with van der Waals surface area (Å²) in [5.41, 5.74) is 3.21. The molecule has 0 bridgehead atoms. The molecular formula is C18H18O2. The number of methoxy groups -OCH3 is 2. The lowest BCUT2D eigenvalue weighted by atomic mass is 10.1. The molecule has 102 valence electrons. The Labute approximate surface area is 120 Å². The van der Waals surface area contributed by atoms with E-state index in [-0.39, 0.29) is 0 Å². The van der Waals surface area contributed by atoms with Gasteiger partial charge in [-0.2, -0.15) is 0 Å². The largest absolute Gasteiger partial charge is 0.497 e. The fourth-order valence-corrected chi connectivity index (χ4v) is 1.97. The van der Waals surface area contributed by atoms with Crippen LogP contribution in [0.3, 0.4) is 0 Å². The number of rotatable bonds is 3. The summed E-state index contributed by atoms with van der Waals surface area (Å²) < 4.78 is 10.5. The zero-order chi connectivity index (χ0) is 14.4. The molecule has 20 heavy (non-hydrogen) atoms. The molecule has 2 heteroatoms. The number of hydrogen-bond acceptors (Lipinski definition) is 2. The van der Waals surface area contributed by atoms with Crippen LogP contribution in [0.4, 0.5) is 0 Å². The average molecular weight is 266 g/mol. The second-order valence-electron chi connectivity index (χ2n) is 4.36. The second-order valence-corrected chi connectivity index (χ2v) is 4.36. The third-order valence-corrected chi connectivity index (χ3v) is 3.09. The molecule has 0 aliphatic heterocycles. The molecule has 2 aromatic rings. The van der Waals surface area contributed by atoms with E-state index in [0.717, 1.165) is 29.0 Å². The first-order chi connectivity index (χ1) is 9.76. The Morgan fingerprint density at radius 3 is 2.15 bits per heavy atom. The maximum absolute atomic E-state index is 5.25. The predicted molar refractivity (Wildman–Crippen MR) is 81.3 cm³/mol. The fourth-order valence-electron chi connectivity index (χ4n) is 1.97. The minimum absolute atomic E-state index is 0.748. The van der Waals surface area contributed by atoms with E-state index in [1.165, 1.54) is 5.56 Å². The van der Waals surface area contributed by atoms with E-state index in [2.05, 4.69) is 24.8 Å². The third-order valence-electron chi connectivity index (χ3n) is 3.09. The second kappa shape index (κ2) is 6.68. The van der Waals surface area contributed by atoms with Gasteiger partial charge in [0, 0.05) is 17.2 Å². The van der Waals surface area contributed by atoms with Crippen molar-refractivity contribution in [1.82, 2.24) is 0 Å². The van der Waals surface area contributed by atoms with Crippen molar-refractivity contribution in [2.75, 3.05) is 14.2 Å². The van der Waals surface area contributed by atoms with Crippen molar-refractivity contribution in [2.24, 2.45) is 0 Å². The first kappa shape index (κ1) is 14.0. The summed E-state index contributed by atoms with van der Waals surface area (Å²) in [7, 11) is 3.27. The number of aryl methyl sites for hydroxylation is 1. The molecule has 2 aromatic carbocycles. The molecular weight excluding hydrogens is 248 g/mol. The predicted octanol–water partition coefficient (Wildman–Crippen LogP) is 3.67. The highest BCUT2D eigenvalue weighted by Crippen LogP contribution is 2.22. The minimum atomic E-state index is 0.748. The van der Waals surface area contributed by atoms with Gasteiger partial charge >= 0.3 is 0 Å². The Morgan fingerprint density at radius 1 is 0.900 bits per heavy atom. The summed E-state index contributed by atoms with van der Waals surface area (Å²) in [6.07, 6.45) is 0.978. The minimum Gasteiger partial charge on any atom is -0.497 e.